The zero-order valence-corrected chi connectivity index (χ0v) is 22.5. The number of rotatable bonds is 3. The minimum absolute atomic E-state index is 0.214. The van der Waals surface area contributed by atoms with Gasteiger partial charge in [0, 0.05) is 0 Å². The molecule has 27 heavy (non-hydrogen) atoms. The number of hydrogen-bond acceptors (Lipinski definition) is 0. The number of allylic oxidation sites excluding steroid dienone is 2. The second-order valence-corrected chi connectivity index (χ2v) is 61.5. The van der Waals surface area contributed by atoms with E-state index in [4.69, 9.17) is 17.2 Å². The molecule has 0 spiro atoms. The standard InChI is InChI=1S/C12H13.C9H7.C2H6Si.2ClH.Hf/c1-9(2)12-7-10-5-3-4-6-11(10)8-12;1-2-5-9-7-3-6-8(9)4-1;1-3-2;;;/h3-9H,1-2H3;1-2,4-6H,7H2;1-2H3;2*1H;/q;;;;;+2/p-2. The van der Waals surface area contributed by atoms with Crippen LogP contribution in [0, 0.1) is 5.92 Å². The second-order valence-electron chi connectivity index (χ2n) is 8.49. The maximum atomic E-state index is 7.92. The molecule has 0 aromatic heterocycles. The van der Waals surface area contributed by atoms with E-state index in [-0.39, 0.29) is 3.67 Å². The fourth-order valence-corrected chi connectivity index (χ4v) is 40.3. The Morgan fingerprint density at radius 3 is 2.19 bits per heavy atom. The molecular weight excluding hydrogens is 554 g/mol. The molecule has 0 nitrogen and oxygen atoms in total. The molecule has 0 fully saturated rings. The number of halogens is 2. The van der Waals surface area contributed by atoms with Gasteiger partial charge in [-0.05, 0) is 0 Å². The third kappa shape index (κ3) is 2.94. The second kappa shape index (κ2) is 6.83. The van der Waals surface area contributed by atoms with Crippen LogP contribution in [0.25, 0.3) is 12.2 Å². The van der Waals surface area contributed by atoms with Crippen LogP contribution in [0.15, 0.2) is 57.4 Å². The number of fused-ring (bicyclic) bond motifs is 2. The van der Waals surface area contributed by atoms with Gasteiger partial charge >= 0.3 is 172 Å². The SMILES string of the molecule is CC(C)C1=Cc2ccccc2[CH]1[Hf]([Cl])([Cl])([C]1=Cc2ccccc2C1)=[Si](C)C. The molecule has 2 aromatic carbocycles. The molecule has 0 amide bonds. The van der Waals surface area contributed by atoms with Crippen molar-refractivity contribution < 1.29 is 14.8 Å². The normalized spacial score (nSPS) is 18.9. The van der Waals surface area contributed by atoms with Crippen LogP contribution in [0.1, 0.15) is 39.8 Å². The van der Waals surface area contributed by atoms with Crippen LogP contribution < -0.4 is 0 Å². The summed E-state index contributed by atoms with van der Waals surface area (Å²) in [5.41, 5.74) is 5.89. The van der Waals surface area contributed by atoms with Gasteiger partial charge in [0.1, 0.15) is 0 Å². The molecular formula is C23H26Cl2HfSi. The van der Waals surface area contributed by atoms with Crippen molar-refractivity contribution in [1.82, 2.24) is 0 Å². The molecule has 2 aromatic rings. The first-order valence-electron chi connectivity index (χ1n) is 9.70. The Labute approximate surface area is 171 Å². The summed E-state index contributed by atoms with van der Waals surface area (Å²) >= 11 is -4.49. The summed E-state index contributed by atoms with van der Waals surface area (Å²) in [5.74, 6) is 0.445. The van der Waals surface area contributed by atoms with Crippen LogP contribution in [-0.2, 0) is 21.2 Å². The van der Waals surface area contributed by atoms with E-state index in [2.05, 4.69) is 87.6 Å². The van der Waals surface area contributed by atoms with Gasteiger partial charge in [0.15, 0.2) is 0 Å². The predicted octanol–water partition coefficient (Wildman–Crippen LogP) is 7.63. The number of benzene rings is 2. The Hall–Kier alpha value is -0.413. The van der Waals surface area contributed by atoms with Crippen molar-refractivity contribution >= 4 is 34.8 Å². The van der Waals surface area contributed by atoms with Gasteiger partial charge in [-0.15, -0.1) is 0 Å². The molecule has 140 valence electrons. The molecule has 0 radical (unpaired) electrons. The quantitative estimate of drug-likeness (QED) is 0.328. The monoisotopic (exact) mass is 580 g/mol. The molecule has 0 aliphatic heterocycles. The molecule has 1 unspecified atom stereocenters. The van der Waals surface area contributed by atoms with Crippen LogP contribution in [-0.4, -0.2) is 5.49 Å². The minimum atomic E-state index is -4.49. The first-order chi connectivity index (χ1) is 12.7. The van der Waals surface area contributed by atoms with E-state index < -0.39 is 20.3 Å². The van der Waals surface area contributed by atoms with Gasteiger partial charge < -0.3 is 0 Å². The summed E-state index contributed by atoms with van der Waals surface area (Å²) in [6, 6.07) is 17.4. The summed E-state index contributed by atoms with van der Waals surface area (Å²) in [5, 5.41) is 0. The van der Waals surface area contributed by atoms with Gasteiger partial charge in [-0.1, -0.05) is 0 Å². The van der Waals surface area contributed by atoms with E-state index in [1.165, 1.54) is 31.2 Å². The third-order valence-corrected chi connectivity index (χ3v) is 70.4. The molecule has 0 heterocycles. The molecule has 0 saturated carbocycles. The maximum absolute atomic E-state index is 7.92. The summed E-state index contributed by atoms with van der Waals surface area (Å²) in [6.45, 7) is 9.27. The van der Waals surface area contributed by atoms with Gasteiger partial charge in [0.25, 0.3) is 0 Å². The van der Waals surface area contributed by atoms with Gasteiger partial charge in [0.2, 0.25) is 0 Å². The first kappa shape index (κ1) is 19.9. The zero-order chi connectivity index (χ0) is 19.4. The summed E-state index contributed by atoms with van der Waals surface area (Å²) < 4.78 is 1.59. The fourth-order valence-electron chi connectivity index (χ4n) is 4.78. The van der Waals surface area contributed by atoms with Crippen molar-refractivity contribution in [2.45, 2.75) is 37.0 Å². The van der Waals surface area contributed by atoms with Gasteiger partial charge in [-0.25, -0.2) is 0 Å². The van der Waals surface area contributed by atoms with Crippen molar-refractivity contribution in [3.63, 3.8) is 0 Å². The van der Waals surface area contributed by atoms with E-state index in [0.717, 1.165) is 6.42 Å². The van der Waals surface area contributed by atoms with E-state index in [1.54, 1.807) is 0 Å². The van der Waals surface area contributed by atoms with E-state index >= 15 is 0 Å². The summed E-state index contributed by atoms with van der Waals surface area (Å²) in [7, 11) is 15.8. The van der Waals surface area contributed by atoms with Crippen LogP contribution in [0.2, 0.25) is 13.1 Å². The molecule has 4 rings (SSSR count). The topological polar surface area (TPSA) is 0 Å². The molecule has 0 bridgehead atoms. The van der Waals surface area contributed by atoms with Crippen molar-refractivity contribution in [3.8, 4) is 0 Å². The number of hydrogen-bond donors (Lipinski definition) is 0. The fraction of sp³-hybridized carbons (Fsp3) is 0.304. The Balaban J connectivity index is 1.99. The van der Waals surface area contributed by atoms with Crippen LogP contribution >= 0.6 is 17.2 Å². The van der Waals surface area contributed by atoms with Crippen molar-refractivity contribution in [1.29, 1.82) is 0 Å². The Bertz CT molecular complexity index is 1070. The molecule has 2 aliphatic carbocycles. The molecule has 0 N–H and O–H groups in total. The third-order valence-electron chi connectivity index (χ3n) is 6.41. The van der Waals surface area contributed by atoms with Crippen molar-refractivity contribution in [2.75, 3.05) is 0 Å². The van der Waals surface area contributed by atoms with E-state index in [1.807, 2.05) is 0 Å². The molecule has 0 saturated heterocycles. The molecule has 4 heteroatoms. The Kier molecular flexibility index (Phi) is 5.03. The van der Waals surface area contributed by atoms with Crippen LogP contribution in [0.3, 0.4) is 0 Å². The first-order valence-corrected chi connectivity index (χ1v) is 30.4. The van der Waals surface area contributed by atoms with E-state index in [9.17, 15) is 0 Å². The summed E-state index contributed by atoms with van der Waals surface area (Å²) in [4.78, 5) is 0. The average molecular weight is 580 g/mol. The van der Waals surface area contributed by atoms with Gasteiger partial charge in [-0.3, -0.25) is 0 Å². The predicted molar refractivity (Wildman–Crippen MR) is 119 cm³/mol. The van der Waals surface area contributed by atoms with Gasteiger partial charge in [0.05, 0.1) is 0 Å². The Morgan fingerprint density at radius 2 is 1.56 bits per heavy atom. The zero-order valence-electron chi connectivity index (χ0n) is 16.4. The van der Waals surface area contributed by atoms with Crippen molar-refractivity contribution in [2.24, 2.45) is 5.92 Å². The average Bonchev–Trinajstić information content (AvgIpc) is 3.24. The van der Waals surface area contributed by atoms with Crippen molar-refractivity contribution in [3.05, 3.63) is 79.7 Å². The molecule has 1 atom stereocenters. The van der Waals surface area contributed by atoms with Gasteiger partial charge in [-0.2, -0.15) is 0 Å². The molecule has 2 aliphatic rings. The summed E-state index contributed by atoms with van der Waals surface area (Å²) in [6.07, 6.45) is 5.65. The van der Waals surface area contributed by atoms with Crippen LogP contribution in [0.5, 0.6) is 0 Å². The van der Waals surface area contributed by atoms with Crippen LogP contribution in [0.4, 0.5) is 0 Å². The Morgan fingerprint density at radius 1 is 0.926 bits per heavy atom. The van der Waals surface area contributed by atoms with E-state index in [0.29, 0.717) is 5.92 Å².